The van der Waals surface area contributed by atoms with E-state index in [2.05, 4.69) is 21.3 Å². The highest BCUT2D eigenvalue weighted by Gasteiger charge is 2.24. The fourth-order valence-corrected chi connectivity index (χ4v) is 1.58. The third kappa shape index (κ3) is 7.56. The van der Waals surface area contributed by atoms with Crippen LogP contribution in [0.2, 0.25) is 0 Å². The molecule has 0 bridgehead atoms. The monoisotopic (exact) mass is 344 g/mol. The summed E-state index contributed by atoms with van der Waals surface area (Å²) < 4.78 is 0. The Morgan fingerprint density at radius 3 is 1.21 bits per heavy atom. The largest absolute Gasteiger partial charge is 0.480 e. The summed E-state index contributed by atoms with van der Waals surface area (Å²) in [6.45, 7) is 6.82. The molecule has 10 nitrogen and oxygen atoms in total. The predicted molar refractivity (Wildman–Crippen MR) is 83.7 cm³/mol. The first-order valence-corrected chi connectivity index (χ1v) is 7.36. The molecule has 0 heterocycles. The maximum absolute atomic E-state index is 11.9. The van der Waals surface area contributed by atoms with Crippen LogP contribution in [-0.4, -0.2) is 58.9 Å². The topological polar surface area (TPSA) is 154 Å². The summed E-state index contributed by atoms with van der Waals surface area (Å²) in [5, 5.41) is 18.1. The van der Waals surface area contributed by atoms with Crippen molar-refractivity contribution in [3.63, 3.8) is 0 Å². The zero-order valence-electron chi connectivity index (χ0n) is 14.3. The van der Waals surface area contributed by atoms with E-state index in [0.717, 1.165) is 0 Å². The molecule has 0 aromatic heterocycles. The number of aliphatic carboxylic acids is 1. The molecule has 0 aromatic carbocycles. The van der Waals surface area contributed by atoms with Crippen molar-refractivity contribution in [2.75, 3.05) is 0 Å². The quantitative estimate of drug-likeness (QED) is 0.347. The van der Waals surface area contributed by atoms with E-state index in [1.54, 1.807) is 0 Å². The number of carbonyl (C=O) groups is 5. The van der Waals surface area contributed by atoms with Gasteiger partial charge in [-0.1, -0.05) is 0 Å². The van der Waals surface area contributed by atoms with Gasteiger partial charge in [-0.15, -0.1) is 0 Å². The van der Waals surface area contributed by atoms with E-state index in [9.17, 15) is 24.0 Å². The van der Waals surface area contributed by atoms with Crippen molar-refractivity contribution in [3.8, 4) is 0 Å². The number of hydrogen-bond acceptors (Lipinski definition) is 5. The molecule has 136 valence electrons. The number of rotatable bonds is 8. The second-order valence-corrected chi connectivity index (χ2v) is 5.45. The van der Waals surface area contributed by atoms with Crippen LogP contribution in [-0.2, 0) is 24.0 Å². The molecule has 4 atom stereocenters. The summed E-state index contributed by atoms with van der Waals surface area (Å²) in [6, 6.07) is -3.82. The summed E-state index contributed by atoms with van der Waals surface area (Å²) >= 11 is 0. The number of nitrogens with one attached hydrogen (secondary N) is 4. The third-order valence-corrected chi connectivity index (χ3v) is 3.05. The van der Waals surface area contributed by atoms with Gasteiger partial charge in [-0.25, -0.2) is 0 Å². The molecule has 0 radical (unpaired) electrons. The van der Waals surface area contributed by atoms with Crippen molar-refractivity contribution in [2.24, 2.45) is 0 Å². The molecule has 0 saturated carbocycles. The molecule has 0 aromatic rings. The highest BCUT2D eigenvalue weighted by atomic mass is 16.4. The minimum Gasteiger partial charge on any atom is -0.480 e. The smallest absolute Gasteiger partial charge is 0.325 e. The highest BCUT2D eigenvalue weighted by molar-refractivity contribution is 5.94. The van der Waals surface area contributed by atoms with Gasteiger partial charge in [0, 0.05) is 6.92 Å². The van der Waals surface area contributed by atoms with Crippen LogP contribution in [0.1, 0.15) is 34.6 Å². The van der Waals surface area contributed by atoms with Crippen molar-refractivity contribution in [2.45, 2.75) is 58.8 Å². The second kappa shape index (κ2) is 9.48. The molecular formula is C14H24N4O6. The van der Waals surface area contributed by atoms with Crippen molar-refractivity contribution in [3.05, 3.63) is 0 Å². The molecular weight excluding hydrogens is 320 g/mol. The number of carbonyl (C=O) groups excluding carboxylic acids is 4. The Kier molecular flexibility index (Phi) is 8.43. The fraction of sp³-hybridized carbons (Fsp3) is 0.643. The van der Waals surface area contributed by atoms with Crippen LogP contribution in [0.5, 0.6) is 0 Å². The van der Waals surface area contributed by atoms with Crippen LogP contribution in [0, 0.1) is 0 Å². The first kappa shape index (κ1) is 21.4. The van der Waals surface area contributed by atoms with Gasteiger partial charge in [0.05, 0.1) is 0 Å². The molecule has 0 aliphatic heterocycles. The molecule has 0 rings (SSSR count). The van der Waals surface area contributed by atoms with E-state index in [-0.39, 0.29) is 5.91 Å². The molecule has 0 saturated heterocycles. The molecule has 0 aliphatic rings. The number of amides is 4. The second-order valence-electron chi connectivity index (χ2n) is 5.45. The van der Waals surface area contributed by atoms with Crippen molar-refractivity contribution in [1.29, 1.82) is 0 Å². The summed E-state index contributed by atoms with van der Waals surface area (Å²) in [5.74, 6) is -3.42. The van der Waals surface area contributed by atoms with Gasteiger partial charge in [-0.05, 0) is 27.7 Å². The van der Waals surface area contributed by atoms with E-state index >= 15 is 0 Å². The summed E-state index contributed by atoms with van der Waals surface area (Å²) in [5.41, 5.74) is 0. The third-order valence-electron chi connectivity index (χ3n) is 3.05. The van der Waals surface area contributed by atoms with Crippen LogP contribution in [0.3, 0.4) is 0 Å². The molecule has 0 spiro atoms. The lowest BCUT2D eigenvalue weighted by molar-refractivity contribution is -0.141. The normalized spacial score (nSPS) is 15.2. The van der Waals surface area contributed by atoms with Crippen LogP contribution >= 0.6 is 0 Å². The first-order chi connectivity index (χ1) is 11.0. The van der Waals surface area contributed by atoms with E-state index in [1.807, 2.05) is 0 Å². The highest BCUT2D eigenvalue weighted by Crippen LogP contribution is 1.92. The number of hydrogen-bond donors (Lipinski definition) is 5. The van der Waals surface area contributed by atoms with Crippen LogP contribution in [0.15, 0.2) is 0 Å². The van der Waals surface area contributed by atoms with Gasteiger partial charge in [0.1, 0.15) is 24.2 Å². The molecule has 4 amide bonds. The Balaban J connectivity index is 4.48. The van der Waals surface area contributed by atoms with E-state index in [1.165, 1.54) is 34.6 Å². The summed E-state index contributed by atoms with van der Waals surface area (Å²) in [4.78, 5) is 57.0. The van der Waals surface area contributed by atoms with Crippen molar-refractivity contribution in [1.82, 2.24) is 21.3 Å². The minimum atomic E-state index is -1.20. The van der Waals surface area contributed by atoms with Gasteiger partial charge < -0.3 is 26.4 Å². The van der Waals surface area contributed by atoms with E-state index in [4.69, 9.17) is 5.11 Å². The molecule has 24 heavy (non-hydrogen) atoms. The Morgan fingerprint density at radius 2 is 0.917 bits per heavy atom. The Hall–Kier alpha value is -2.65. The molecule has 0 aliphatic carbocycles. The Bertz CT molecular complexity index is 521. The van der Waals surface area contributed by atoms with Gasteiger partial charge >= 0.3 is 5.97 Å². The lowest BCUT2D eigenvalue weighted by atomic mass is 10.2. The lowest BCUT2D eigenvalue weighted by Crippen LogP contribution is -2.55. The van der Waals surface area contributed by atoms with Gasteiger partial charge in [-0.3, -0.25) is 24.0 Å². The van der Waals surface area contributed by atoms with Crippen LogP contribution in [0.25, 0.3) is 0 Å². The van der Waals surface area contributed by atoms with Gasteiger partial charge in [0.2, 0.25) is 23.6 Å². The standard InChI is InChI=1S/C14H24N4O6/c1-6(15-10(5)19)11(20)16-7(2)12(21)17-8(3)13(22)18-9(4)14(23)24/h6-9H,1-5H3,(H,15,19)(H,16,20)(H,17,21)(H,18,22)(H,23,24)/t6-,7-,8+,9+/m1/s1. The van der Waals surface area contributed by atoms with Crippen LogP contribution in [0.4, 0.5) is 0 Å². The molecule has 0 unspecified atom stereocenters. The number of carboxylic acids is 1. The van der Waals surface area contributed by atoms with Gasteiger partial charge in [-0.2, -0.15) is 0 Å². The Morgan fingerprint density at radius 1 is 0.625 bits per heavy atom. The van der Waals surface area contributed by atoms with Gasteiger partial charge in [0.15, 0.2) is 0 Å². The molecule has 5 N–H and O–H groups in total. The zero-order valence-corrected chi connectivity index (χ0v) is 14.3. The lowest BCUT2D eigenvalue weighted by Gasteiger charge is -2.20. The molecule has 0 fully saturated rings. The average Bonchev–Trinajstić information content (AvgIpc) is 2.45. The Labute approximate surface area is 139 Å². The maximum Gasteiger partial charge on any atom is 0.325 e. The van der Waals surface area contributed by atoms with Crippen molar-refractivity contribution >= 4 is 29.6 Å². The summed E-state index contributed by atoms with van der Waals surface area (Å²) in [7, 11) is 0. The molecule has 10 heteroatoms. The average molecular weight is 344 g/mol. The first-order valence-electron chi connectivity index (χ1n) is 7.36. The minimum absolute atomic E-state index is 0.382. The van der Waals surface area contributed by atoms with Crippen molar-refractivity contribution < 1.29 is 29.1 Å². The fourth-order valence-electron chi connectivity index (χ4n) is 1.58. The van der Waals surface area contributed by atoms with Crippen LogP contribution < -0.4 is 21.3 Å². The van der Waals surface area contributed by atoms with E-state index in [0.29, 0.717) is 0 Å². The zero-order chi connectivity index (χ0) is 19.0. The predicted octanol–water partition coefficient (Wildman–Crippen LogP) is -1.89. The van der Waals surface area contributed by atoms with E-state index < -0.39 is 47.9 Å². The SMILES string of the molecule is CC(=O)N[C@H](C)C(=O)N[C@H](C)C(=O)N[C@@H](C)C(=O)N[C@@H](C)C(=O)O. The number of carboxylic acid groups (broad SMARTS) is 1. The summed E-state index contributed by atoms with van der Waals surface area (Å²) in [6.07, 6.45) is 0. The maximum atomic E-state index is 11.9. The van der Waals surface area contributed by atoms with Gasteiger partial charge in [0.25, 0.3) is 0 Å².